The van der Waals surface area contributed by atoms with Crippen LogP contribution in [-0.4, -0.2) is 22.2 Å². The number of aromatic hydroxyl groups is 1. The van der Waals surface area contributed by atoms with Crippen LogP contribution in [0.5, 0.6) is 23.1 Å². The van der Waals surface area contributed by atoms with Gasteiger partial charge in [-0.1, -0.05) is 6.07 Å². The minimum Gasteiger partial charge on any atom is -0.504 e. The number of nitrogens with one attached hydrogen (secondary N) is 2. The van der Waals surface area contributed by atoms with Crippen molar-refractivity contribution >= 4 is 11.5 Å². The molecule has 0 unspecified atom stereocenters. The van der Waals surface area contributed by atoms with Crippen molar-refractivity contribution in [1.29, 1.82) is 5.26 Å². The maximum absolute atomic E-state index is 10.0. The summed E-state index contributed by atoms with van der Waals surface area (Å²) in [6, 6.07) is 12.5. The highest BCUT2D eigenvalue weighted by Crippen LogP contribution is 2.38. The molecular weight excluding hydrogens is 358 g/mol. The lowest BCUT2D eigenvalue weighted by atomic mass is 10.1. The molecule has 1 aliphatic heterocycles. The van der Waals surface area contributed by atoms with Crippen molar-refractivity contribution in [3.05, 3.63) is 59.4 Å². The number of benzene rings is 2. The van der Waals surface area contributed by atoms with E-state index >= 15 is 0 Å². The quantitative estimate of drug-likeness (QED) is 0.640. The molecule has 8 nitrogen and oxygen atoms in total. The fraction of sp³-hybridized carbons (Fsp3) is 0.150. The average Bonchev–Trinajstić information content (AvgIpc) is 2.70. The molecule has 0 atom stereocenters. The fourth-order valence-electron chi connectivity index (χ4n) is 2.97. The smallest absolute Gasteiger partial charge is 0.228 e. The zero-order valence-electron chi connectivity index (χ0n) is 15.1. The predicted molar refractivity (Wildman–Crippen MR) is 102 cm³/mol. The Bertz CT molecular complexity index is 1080. The number of rotatable bonds is 3. The SMILES string of the molecule is COc1cc2c(cc1O)CNCc1c(Nc3cccc(C#N)c3)ncnc1O2. The van der Waals surface area contributed by atoms with Crippen LogP contribution in [0.25, 0.3) is 0 Å². The van der Waals surface area contributed by atoms with Crippen LogP contribution >= 0.6 is 0 Å². The Balaban J connectivity index is 1.71. The highest BCUT2D eigenvalue weighted by atomic mass is 16.5. The van der Waals surface area contributed by atoms with Crippen molar-refractivity contribution in [3.8, 4) is 29.2 Å². The second kappa shape index (κ2) is 7.42. The molecule has 2 aromatic carbocycles. The number of ether oxygens (including phenoxy) is 2. The molecule has 8 heteroatoms. The second-order valence-electron chi connectivity index (χ2n) is 6.16. The van der Waals surface area contributed by atoms with E-state index < -0.39 is 0 Å². The van der Waals surface area contributed by atoms with E-state index in [-0.39, 0.29) is 5.75 Å². The fourth-order valence-corrected chi connectivity index (χ4v) is 2.97. The van der Waals surface area contributed by atoms with Crippen LogP contribution < -0.4 is 20.1 Å². The molecule has 0 amide bonds. The zero-order chi connectivity index (χ0) is 19.5. The Labute approximate surface area is 161 Å². The Morgan fingerprint density at radius 1 is 1.25 bits per heavy atom. The molecule has 0 bridgehead atoms. The normalized spacial score (nSPS) is 12.4. The van der Waals surface area contributed by atoms with E-state index in [1.54, 1.807) is 30.3 Å². The van der Waals surface area contributed by atoms with Crippen molar-refractivity contribution in [2.45, 2.75) is 13.1 Å². The van der Waals surface area contributed by atoms with Gasteiger partial charge in [0, 0.05) is 30.4 Å². The first-order valence-corrected chi connectivity index (χ1v) is 8.57. The number of methoxy groups -OCH3 is 1. The van der Waals surface area contributed by atoms with Crippen LogP contribution in [0.15, 0.2) is 42.7 Å². The van der Waals surface area contributed by atoms with Crippen LogP contribution in [0.4, 0.5) is 11.5 Å². The van der Waals surface area contributed by atoms with Gasteiger partial charge in [-0.15, -0.1) is 0 Å². The monoisotopic (exact) mass is 375 g/mol. The van der Waals surface area contributed by atoms with Crippen molar-refractivity contribution in [2.75, 3.05) is 12.4 Å². The summed E-state index contributed by atoms with van der Waals surface area (Å²) in [5.74, 6) is 1.90. The molecule has 28 heavy (non-hydrogen) atoms. The summed E-state index contributed by atoms with van der Waals surface area (Å²) in [5, 5.41) is 25.6. The third kappa shape index (κ3) is 3.39. The van der Waals surface area contributed by atoms with E-state index in [1.807, 2.05) is 6.07 Å². The molecule has 3 aromatic rings. The van der Waals surface area contributed by atoms with Crippen molar-refractivity contribution in [1.82, 2.24) is 15.3 Å². The number of hydrogen-bond acceptors (Lipinski definition) is 8. The number of hydrogen-bond donors (Lipinski definition) is 3. The summed E-state index contributed by atoms with van der Waals surface area (Å²) in [7, 11) is 1.48. The van der Waals surface area contributed by atoms with Crippen LogP contribution in [0.1, 0.15) is 16.7 Å². The molecule has 2 heterocycles. The number of anilines is 2. The Kier molecular flexibility index (Phi) is 4.66. The van der Waals surface area contributed by atoms with Gasteiger partial charge in [0.1, 0.15) is 17.9 Å². The predicted octanol–water partition coefficient (Wildman–Crippen LogP) is 3.20. The van der Waals surface area contributed by atoms with Crippen LogP contribution in [0.3, 0.4) is 0 Å². The van der Waals surface area contributed by atoms with Crippen LogP contribution in [-0.2, 0) is 13.1 Å². The standard InChI is InChI=1S/C20H17N5O3/c1-27-18-7-17-13(6-16(18)26)9-22-10-15-19(23-11-24-20(15)28-17)25-14-4-2-3-12(5-14)8-21/h2-7,11,22,26H,9-10H2,1H3,(H,23,24,25). The molecule has 0 fully saturated rings. The van der Waals surface area contributed by atoms with E-state index in [9.17, 15) is 5.11 Å². The number of nitriles is 1. The van der Waals surface area contributed by atoms with E-state index in [0.717, 1.165) is 16.8 Å². The topological polar surface area (TPSA) is 112 Å². The van der Waals surface area contributed by atoms with Gasteiger partial charge >= 0.3 is 0 Å². The lowest BCUT2D eigenvalue weighted by Crippen LogP contribution is -2.18. The maximum Gasteiger partial charge on any atom is 0.228 e. The Morgan fingerprint density at radius 2 is 2.14 bits per heavy atom. The van der Waals surface area contributed by atoms with E-state index in [0.29, 0.717) is 41.8 Å². The van der Waals surface area contributed by atoms with Gasteiger partial charge in [-0.3, -0.25) is 0 Å². The molecule has 4 rings (SSSR count). The second-order valence-corrected chi connectivity index (χ2v) is 6.16. The third-order valence-corrected chi connectivity index (χ3v) is 4.35. The van der Waals surface area contributed by atoms with E-state index in [1.165, 1.54) is 13.4 Å². The number of nitrogens with zero attached hydrogens (tertiary/aromatic N) is 3. The van der Waals surface area contributed by atoms with Gasteiger partial charge in [-0.25, -0.2) is 9.97 Å². The van der Waals surface area contributed by atoms with Crippen LogP contribution in [0, 0.1) is 11.3 Å². The highest BCUT2D eigenvalue weighted by Gasteiger charge is 2.20. The number of fused-ring (bicyclic) bond motifs is 2. The molecule has 0 spiro atoms. The summed E-state index contributed by atoms with van der Waals surface area (Å²) in [5.41, 5.74) is 2.84. The summed E-state index contributed by atoms with van der Waals surface area (Å²) in [6.45, 7) is 0.952. The molecule has 1 aliphatic rings. The molecule has 0 saturated heterocycles. The minimum atomic E-state index is 0.0508. The molecule has 0 saturated carbocycles. The first kappa shape index (κ1) is 17.6. The Hall–Kier alpha value is -3.83. The number of phenols is 1. The molecule has 140 valence electrons. The third-order valence-electron chi connectivity index (χ3n) is 4.35. The number of aromatic nitrogens is 2. The maximum atomic E-state index is 10.0. The minimum absolute atomic E-state index is 0.0508. The van der Waals surface area contributed by atoms with Gasteiger partial charge in [-0.05, 0) is 24.3 Å². The lowest BCUT2D eigenvalue weighted by Gasteiger charge is -2.20. The number of phenolic OH excluding ortho intramolecular Hbond substituents is 1. The van der Waals surface area contributed by atoms with Gasteiger partial charge < -0.3 is 25.2 Å². The van der Waals surface area contributed by atoms with Crippen molar-refractivity contribution in [2.24, 2.45) is 0 Å². The van der Waals surface area contributed by atoms with Crippen molar-refractivity contribution in [3.63, 3.8) is 0 Å². The average molecular weight is 375 g/mol. The highest BCUT2D eigenvalue weighted by molar-refractivity contribution is 5.63. The molecule has 3 N–H and O–H groups in total. The van der Waals surface area contributed by atoms with Gasteiger partial charge in [0.25, 0.3) is 0 Å². The Morgan fingerprint density at radius 3 is 2.96 bits per heavy atom. The van der Waals surface area contributed by atoms with E-state index in [4.69, 9.17) is 14.7 Å². The first-order chi connectivity index (χ1) is 13.7. The van der Waals surface area contributed by atoms with Crippen LogP contribution in [0.2, 0.25) is 0 Å². The largest absolute Gasteiger partial charge is 0.504 e. The van der Waals surface area contributed by atoms with Gasteiger partial charge in [0.2, 0.25) is 5.88 Å². The lowest BCUT2D eigenvalue weighted by molar-refractivity contribution is 0.365. The molecule has 1 aromatic heterocycles. The van der Waals surface area contributed by atoms with Gasteiger partial charge in [0.05, 0.1) is 24.3 Å². The summed E-state index contributed by atoms with van der Waals surface area (Å²) < 4.78 is 11.2. The summed E-state index contributed by atoms with van der Waals surface area (Å²) in [4.78, 5) is 8.59. The molecular formula is C20H17N5O3. The first-order valence-electron chi connectivity index (χ1n) is 8.57. The summed E-state index contributed by atoms with van der Waals surface area (Å²) in [6.07, 6.45) is 1.41. The van der Waals surface area contributed by atoms with Crippen molar-refractivity contribution < 1.29 is 14.6 Å². The summed E-state index contributed by atoms with van der Waals surface area (Å²) >= 11 is 0. The van der Waals surface area contributed by atoms with E-state index in [2.05, 4.69) is 26.7 Å². The molecule has 0 aliphatic carbocycles. The van der Waals surface area contributed by atoms with Gasteiger partial charge in [-0.2, -0.15) is 5.26 Å². The molecule has 0 radical (unpaired) electrons. The zero-order valence-corrected chi connectivity index (χ0v) is 15.1. The van der Waals surface area contributed by atoms with Gasteiger partial charge in [0.15, 0.2) is 11.5 Å².